The van der Waals surface area contributed by atoms with E-state index in [4.69, 9.17) is 0 Å². The number of hydrogen-bond acceptors (Lipinski definition) is 3. The van der Waals surface area contributed by atoms with Crippen molar-refractivity contribution in [3.8, 4) is 0 Å². The molecule has 2 aromatic rings. The summed E-state index contributed by atoms with van der Waals surface area (Å²) in [5.74, 6) is 0.260. The zero-order valence-electron chi connectivity index (χ0n) is 11.7. The Morgan fingerprint density at radius 3 is 2.62 bits per heavy atom. The summed E-state index contributed by atoms with van der Waals surface area (Å²) in [6, 6.07) is 14.4. The maximum absolute atomic E-state index is 12.3. The van der Waals surface area contributed by atoms with Crippen LogP contribution >= 0.6 is 0 Å². The Kier molecular flexibility index (Phi) is 3.41. The van der Waals surface area contributed by atoms with Gasteiger partial charge < -0.3 is 0 Å². The molecule has 0 saturated carbocycles. The van der Waals surface area contributed by atoms with Gasteiger partial charge in [0, 0.05) is 18.2 Å². The lowest BCUT2D eigenvalue weighted by Gasteiger charge is -2.29. The topological polar surface area (TPSA) is 51.2 Å². The van der Waals surface area contributed by atoms with Crippen molar-refractivity contribution in [1.29, 1.82) is 0 Å². The largest absolute Gasteiger partial charge is 0.294 e. The number of ketones is 1. The maximum atomic E-state index is 12.3. The molecule has 0 fully saturated rings. The van der Waals surface area contributed by atoms with E-state index in [2.05, 4.69) is 12.1 Å². The summed E-state index contributed by atoms with van der Waals surface area (Å²) in [6.07, 6.45) is 2.51. The summed E-state index contributed by atoms with van der Waals surface area (Å²) < 4.78 is 23.1. The van der Waals surface area contributed by atoms with E-state index >= 15 is 0 Å². The van der Waals surface area contributed by atoms with E-state index in [1.54, 1.807) is 12.1 Å². The van der Waals surface area contributed by atoms with Gasteiger partial charge in [0.2, 0.25) is 0 Å². The molecule has 21 heavy (non-hydrogen) atoms. The number of carbonyl (C=O) groups is 1. The fraction of sp³-hybridized carbons (Fsp3) is 0.235. The van der Waals surface area contributed by atoms with Crippen molar-refractivity contribution in [2.45, 2.75) is 23.7 Å². The summed E-state index contributed by atoms with van der Waals surface area (Å²) in [7, 11) is -3.28. The van der Waals surface area contributed by atoms with Gasteiger partial charge in [0.15, 0.2) is 15.6 Å². The normalized spacial score (nSPS) is 16.9. The number of fused-ring (bicyclic) bond motifs is 1. The van der Waals surface area contributed by atoms with E-state index < -0.39 is 9.84 Å². The van der Waals surface area contributed by atoms with Crippen LogP contribution in [-0.2, 0) is 16.3 Å². The fourth-order valence-corrected chi connectivity index (χ4v) is 3.45. The molecule has 0 spiro atoms. The highest BCUT2D eigenvalue weighted by Crippen LogP contribution is 2.37. The maximum Gasteiger partial charge on any atom is 0.175 e. The van der Waals surface area contributed by atoms with Crippen molar-refractivity contribution >= 4 is 15.6 Å². The Hall–Kier alpha value is -1.94. The van der Waals surface area contributed by atoms with Crippen LogP contribution in [0, 0.1) is 0 Å². The number of hydrogen-bond donors (Lipinski definition) is 0. The number of benzene rings is 2. The number of rotatable bonds is 4. The van der Waals surface area contributed by atoms with Crippen molar-refractivity contribution in [3.05, 3.63) is 65.2 Å². The number of carbonyl (C=O) groups excluding carboxylic acids is 1. The highest BCUT2D eigenvalue weighted by Gasteiger charge is 2.27. The molecule has 1 atom stereocenters. The van der Waals surface area contributed by atoms with Gasteiger partial charge in [-0.25, -0.2) is 8.42 Å². The van der Waals surface area contributed by atoms with E-state index in [1.807, 2.05) is 12.1 Å². The average Bonchev–Trinajstić information content (AvgIpc) is 2.44. The quantitative estimate of drug-likeness (QED) is 0.816. The Balaban J connectivity index is 1.79. The van der Waals surface area contributed by atoms with Crippen molar-refractivity contribution in [3.63, 3.8) is 0 Å². The molecule has 4 heteroatoms. The highest BCUT2D eigenvalue weighted by molar-refractivity contribution is 7.90. The Bertz CT molecular complexity index is 806. The van der Waals surface area contributed by atoms with Crippen LogP contribution in [-0.4, -0.2) is 20.5 Å². The minimum absolute atomic E-state index is 0.00000283. The molecule has 0 radical (unpaired) electrons. The van der Waals surface area contributed by atoms with Crippen molar-refractivity contribution in [2.24, 2.45) is 0 Å². The molecule has 1 aliphatic rings. The van der Waals surface area contributed by atoms with Gasteiger partial charge >= 0.3 is 0 Å². The Morgan fingerprint density at radius 1 is 1.14 bits per heavy atom. The highest BCUT2D eigenvalue weighted by atomic mass is 32.2. The summed E-state index contributed by atoms with van der Waals surface area (Å²) in [6.45, 7) is 0. The fourth-order valence-electron chi connectivity index (χ4n) is 2.79. The Labute approximate surface area is 124 Å². The molecule has 1 aliphatic carbocycles. The third-order valence-corrected chi connectivity index (χ3v) is 5.09. The third-order valence-electron chi connectivity index (χ3n) is 3.98. The molecule has 0 saturated heterocycles. The standard InChI is InChI=1S/C17H16O3S/c1-21(19,20)15-7-4-6-13(10-15)17(18)11-14-9-12-5-2-3-8-16(12)14/h2-8,10,14H,9,11H2,1H3. The molecule has 3 nitrogen and oxygen atoms in total. The van der Waals surface area contributed by atoms with Crippen LogP contribution in [0.2, 0.25) is 0 Å². The van der Waals surface area contributed by atoms with Crippen LogP contribution < -0.4 is 0 Å². The Morgan fingerprint density at radius 2 is 1.90 bits per heavy atom. The summed E-state index contributed by atoms with van der Waals surface area (Å²) in [4.78, 5) is 12.5. The van der Waals surface area contributed by atoms with E-state index in [9.17, 15) is 13.2 Å². The van der Waals surface area contributed by atoms with Gasteiger partial charge in [0.05, 0.1) is 4.90 Å². The van der Waals surface area contributed by atoms with Gasteiger partial charge in [-0.2, -0.15) is 0 Å². The minimum Gasteiger partial charge on any atom is -0.294 e. The molecule has 108 valence electrons. The van der Waals surface area contributed by atoms with Crippen molar-refractivity contribution in [2.75, 3.05) is 6.26 Å². The van der Waals surface area contributed by atoms with Gasteiger partial charge in [0.1, 0.15) is 0 Å². The van der Waals surface area contributed by atoms with E-state index in [0.29, 0.717) is 12.0 Å². The van der Waals surface area contributed by atoms with Gasteiger partial charge in [-0.05, 0) is 35.6 Å². The second-order valence-electron chi connectivity index (χ2n) is 5.53. The summed E-state index contributed by atoms with van der Waals surface area (Å²) in [5, 5.41) is 0. The van der Waals surface area contributed by atoms with Gasteiger partial charge in [-0.3, -0.25) is 4.79 Å². The SMILES string of the molecule is CS(=O)(=O)c1cccc(C(=O)CC2Cc3ccccc32)c1. The minimum atomic E-state index is -3.28. The second-order valence-corrected chi connectivity index (χ2v) is 7.54. The van der Waals surface area contributed by atoms with Crippen LogP contribution in [0.1, 0.15) is 33.8 Å². The zero-order valence-corrected chi connectivity index (χ0v) is 12.6. The van der Waals surface area contributed by atoms with Gasteiger partial charge in [-0.15, -0.1) is 0 Å². The number of Topliss-reactive ketones (excluding diaryl/α,β-unsaturated/α-hetero) is 1. The molecular weight excluding hydrogens is 284 g/mol. The first kappa shape index (κ1) is 14.0. The van der Waals surface area contributed by atoms with Gasteiger partial charge in [0.25, 0.3) is 0 Å². The first-order chi connectivity index (χ1) is 9.95. The molecule has 0 aromatic heterocycles. The van der Waals surface area contributed by atoms with Crippen LogP contribution in [0.5, 0.6) is 0 Å². The molecule has 0 N–H and O–H groups in total. The lowest BCUT2D eigenvalue weighted by atomic mass is 9.74. The first-order valence-electron chi connectivity index (χ1n) is 6.86. The molecule has 0 amide bonds. The van der Waals surface area contributed by atoms with E-state index in [0.717, 1.165) is 12.7 Å². The smallest absolute Gasteiger partial charge is 0.175 e. The molecule has 2 aromatic carbocycles. The molecular formula is C17H16O3S. The molecule has 3 rings (SSSR count). The number of sulfone groups is 1. The van der Waals surface area contributed by atoms with Crippen molar-refractivity contribution < 1.29 is 13.2 Å². The first-order valence-corrected chi connectivity index (χ1v) is 8.75. The van der Waals surface area contributed by atoms with Crippen LogP contribution in [0.15, 0.2) is 53.4 Å². The zero-order chi connectivity index (χ0) is 15.0. The lowest BCUT2D eigenvalue weighted by Crippen LogP contribution is -2.20. The second kappa shape index (κ2) is 5.11. The van der Waals surface area contributed by atoms with Crippen molar-refractivity contribution in [1.82, 2.24) is 0 Å². The summed E-state index contributed by atoms with van der Waals surface area (Å²) in [5.41, 5.74) is 3.02. The molecule has 1 unspecified atom stereocenters. The predicted molar refractivity (Wildman–Crippen MR) is 81.4 cm³/mol. The molecule has 0 bridgehead atoms. The molecule has 0 heterocycles. The van der Waals surface area contributed by atoms with Crippen LogP contribution in [0.25, 0.3) is 0 Å². The third kappa shape index (κ3) is 2.76. The van der Waals surface area contributed by atoms with Crippen LogP contribution in [0.3, 0.4) is 0 Å². The summed E-state index contributed by atoms with van der Waals surface area (Å²) >= 11 is 0. The lowest BCUT2D eigenvalue weighted by molar-refractivity contribution is 0.0970. The molecule has 0 aliphatic heterocycles. The van der Waals surface area contributed by atoms with Crippen LogP contribution in [0.4, 0.5) is 0 Å². The monoisotopic (exact) mass is 300 g/mol. The average molecular weight is 300 g/mol. The van der Waals surface area contributed by atoms with Gasteiger partial charge in [-0.1, -0.05) is 36.4 Å². The predicted octanol–water partition coefficient (Wildman–Crippen LogP) is 3.00. The van der Waals surface area contributed by atoms with E-state index in [-0.39, 0.29) is 16.6 Å². The van der Waals surface area contributed by atoms with E-state index in [1.165, 1.54) is 23.3 Å².